The SMILES string of the molecule is Cc1ccc(C)c(S(=O)(=O)N2CCN(C(=O)CCc3nc4ccccc4c(=O)n3C3CC3)CC2)c1. The van der Waals surface area contributed by atoms with Crippen molar-refractivity contribution in [2.75, 3.05) is 26.2 Å². The van der Waals surface area contributed by atoms with Gasteiger partial charge in [-0.3, -0.25) is 14.2 Å². The van der Waals surface area contributed by atoms with Crippen molar-refractivity contribution in [3.63, 3.8) is 0 Å². The van der Waals surface area contributed by atoms with Crippen molar-refractivity contribution in [3.8, 4) is 0 Å². The Bertz CT molecular complexity index is 1450. The van der Waals surface area contributed by atoms with Gasteiger partial charge in [0.25, 0.3) is 5.56 Å². The van der Waals surface area contributed by atoms with Crippen LogP contribution in [0.1, 0.15) is 42.3 Å². The zero-order valence-electron chi connectivity index (χ0n) is 20.1. The molecule has 8 nitrogen and oxygen atoms in total. The van der Waals surface area contributed by atoms with Crippen LogP contribution in [0.3, 0.4) is 0 Å². The lowest BCUT2D eigenvalue weighted by atomic mass is 10.2. The van der Waals surface area contributed by atoms with E-state index in [1.165, 1.54) is 4.31 Å². The molecule has 5 rings (SSSR count). The van der Waals surface area contributed by atoms with Crippen LogP contribution in [0.25, 0.3) is 10.9 Å². The molecule has 0 bridgehead atoms. The minimum Gasteiger partial charge on any atom is -0.340 e. The summed E-state index contributed by atoms with van der Waals surface area (Å²) >= 11 is 0. The van der Waals surface area contributed by atoms with E-state index in [2.05, 4.69) is 0 Å². The first-order valence-electron chi connectivity index (χ1n) is 12.1. The Kier molecular flexibility index (Phi) is 6.23. The quantitative estimate of drug-likeness (QED) is 0.525. The molecule has 1 saturated heterocycles. The van der Waals surface area contributed by atoms with Crippen LogP contribution in [0, 0.1) is 13.8 Å². The molecule has 35 heavy (non-hydrogen) atoms. The Morgan fingerprint density at radius 2 is 1.74 bits per heavy atom. The van der Waals surface area contributed by atoms with Gasteiger partial charge in [-0.15, -0.1) is 0 Å². The number of para-hydroxylation sites is 1. The van der Waals surface area contributed by atoms with Crippen molar-refractivity contribution in [1.82, 2.24) is 18.8 Å². The van der Waals surface area contributed by atoms with Crippen molar-refractivity contribution in [2.24, 2.45) is 0 Å². The molecule has 1 aliphatic carbocycles. The fourth-order valence-electron chi connectivity index (χ4n) is 4.76. The minimum atomic E-state index is -3.61. The second-order valence-electron chi connectivity index (χ2n) is 9.51. The fraction of sp³-hybridized carbons (Fsp3) is 0.423. The summed E-state index contributed by atoms with van der Waals surface area (Å²) in [5.74, 6) is 0.610. The maximum atomic E-state index is 13.2. The van der Waals surface area contributed by atoms with E-state index < -0.39 is 10.0 Å². The van der Waals surface area contributed by atoms with E-state index in [4.69, 9.17) is 4.98 Å². The number of hydrogen-bond acceptors (Lipinski definition) is 5. The summed E-state index contributed by atoms with van der Waals surface area (Å²) in [5.41, 5.74) is 2.24. The van der Waals surface area contributed by atoms with Gasteiger partial charge >= 0.3 is 0 Å². The Labute approximate surface area is 205 Å². The zero-order valence-corrected chi connectivity index (χ0v) is 20.9. The van der Waals surface area contributed by atoms with Crippen molar-refractivity contribution < 1.29 is 13.2 Å². The molecular formula is C26H30N4O4S. The highest BCUT2D eigenvalue weighted by molar-refractivity contribution is 7.89. The lowest BCUT2D eigenvalue weighted by molar-refractivity contribution is -0.132. The summed E-state index contributed by atoms with van der Waals surface area (Å²) in [6.45, 7) is 4.91. The second kappa shape index (κ2) is 9.20. The van der Waals surface area contributed by atoms with Gasteiger partial charge in [-0.05, 0) is 56.0 Å². The molecule has 0 atom stereocenters. The third kappa shape index (κ3) is 4.62. The number of carbonyl (C=O) groups is 1. The number of aryl methyl sites for hydroxylation is 3. The topological polar surface area (TPSA) is 92.6 Å². The first kappa shape index (κ1) is 23.7. The summed E-state index contributed by atoms with van der Waals surface area (Å²) in [5, 5.41) is 0.607. The average Bonchev–Trinajstić information content (AvgIpc) is 3.69. The summed E-state index contributed by atoms with van der Waals surface area (Å²) in [4.78, 5) is 32.8. The molecule has 0 N–H and O–H groups in total. The molecule has 184 valence electrons. The lowest BCUT2D eigenvalue weighted by Gasteiger charge is -2.34. The summed E-state index contributed by atoms with van der Waals surface area (Å²) < 4.78 is 29.6. The molecule has 1 saturated carbocycles. The highest BCUT2D eigenvalue weighted by atomic mass is 32.2. The molecule has 2 aliphatic rings. The highest BCUT2D eigenvalue weighted by Crippen LogP contribution is 2.35. The number of sulfonamides is 1. The monoisotopic (exact) mass is 494 g/mol. The van der Waals surface area contributed by atoms with Crippen LogP contribution >= 0.6 is 0 Å². The first-order valence-corrected chi connectivity index (χ1v) is 13.5. The third-order valence-electron chi connectivity index (χ3n) is 6.91. The van der Waals surface area contributed by atoms with Crippen LogP contribution in [0.4, 0.5) is 0 Å². The predicted molar refractivity (Wildman–Crippen MR) is 134 cm³/mol. The standard InChI is InChI=1S/C26H30N4O4S/c1-18-7-8-19(2)23(17-18)35(33,34)29-15-13-28(14-16-29)25(31)12-11-24-27-22-6-4-3-5-21(22)26(32)30(24)20-9-10-20/h3-8,17,20H,9-16H2,1-2H3. The Morgan fingerprint density at radius 1 is 1.03 bits per heavy atom. The van der Waals surface area contributed by atoms with Gasteiger partial charge in [0.05, 0.1) is 15.8 Å². The number of piperazine rings is 1. The first-order chi connectivity index (χ1) is 16.8. The van der Waals surface area contributed by atoms with E-state index in [-0.39, 0.29) is 37.0 Å². The van der Waals surface area contributed by atoms with Gasteiger partial charge in [0, 0.05) is 45.1 Å². The number of carbonyl (C=O) groups excluding carboxylic acids is 1. The maximum absolute atomic E-state index is 13.2. The van der Waals surface area contributed by atoms with Crippen LogP contribution in [0.2, 0.25) is 0 Å². The molecule has 1 aromatic heterocycles. The molecule has 0 radical (unpaired) electrons. The summed E-state index contributed by atoms with van der Waals surface area (Å²) in [6, 6.07) is 12.9. The summed E-state index contributed by atoms with van der Waals surface area (Å²) in [6.07, 6.45) is 2.53. The maximum Gasteiger partial charge on any atom is 0.261 e. The van der Waals surface area contributed by atoms with Gasteiger partial charge in [0.2, 0.25) is 15.9 Å². The Hall–Kier alpha value is -3.04. The smallest absolute Gasteiger partial charge is 0.261 e. The summed E-state index contributed by atoms with van der Waals surface area (Å²) in [7, 11) is -3.61. The van der Waals surface area contributed by atoms with Crippen LogP contribution in [0.5, 0.6) is 0 Å². The van der Waals surface area contributed by atoms with Gasteiger partial charge in [0.15, 0.2) is 0 Å². The van der Waals surface area contributed by atoms with E-state index in [0.717, 1.165) is 24.0 Å². The van der Waals surface area contributed by atoms with Gasteiger partial charge in [-0.2, -0.15) is 4.31 Å². The fourth-order valence-corrected chi connectivity index (χ4v) is 6.49. The van der Waals surface area contributed by atoms with Gasteiger partial charge in [0.1, 0.15) is 5.82 Å². The van der Waals surface area contributed by atoms with Gasteiger partial charge in [-0.1, -0.05) is 24.3 Å². The van der Waals surface area contributed by atoms with E-state index in [9.17, 15) is 18.0 Å². The van der Waals surface area contributed by atoms with Gasteiger partial charge < -0.3 is 4.90 Å². The van der Waals surface area contributed by atoms with Gasteiger partial charge in [-0.25, -0.2) is 13.4 Å². The molecule has 9 heteroatoms. The molecule has 0 spiro atoms. The highest BCUT2D eigenvalue weighted by Gasteiger charge is 2.32. The van der Waals surface area contributed by atoms with E-state index in [0.29, 0.717) is 41.1 Å². The van der Waals surface area contributed by atoms with Crippen LogP contribution < -0.4 is 5.56 Å². The normalized spacial score (nSPS) is 17.1. The van der Waals surface area contributed by atoms with E-state index in [1.807, 2.05) is 37.3 Å². The number of aromatic nitrogens is 2. The number of nitrogens with zero attached hydrogens (tertiary/aromatic N) is 4. The molecule has 2 aromatic carbocycles. The minimum absolute atomic E-state index is 0.0363. The molecule has 0 unspecified atom stereocenters. The molecule has 1 aliphatic heterocycles. The number of benzene rings is 2. The van der Waals surface area contributed by atoms with Crippen LogP contribution in [-0.4, -0.2) is 59.3 Å². The number of rotatable bonds is 6. The molecule has 2 heterocycles. The van der Waals surface area contributed by atoms with Crippen LogP contribution in [0.15, 0.2) is 52.2 Å². The lowest BCUT2D eigenvalue weighted by Crippen LogP contribution is -2.50. The Balaban J connectivity index is 1.26. The van der Waals surface area contributed by atoms with E-state index >= 15 is 0 Å². The molecule has 2 fully saturated rings. The van der Waals surface area contributed by atoms with E-state index in [1.54, 1.807) is 28.5 Å². The number of amides is 1. The van der Waals surface area contributed by atoms with Crippen LogP contribution in [-0.2, 0) is 21.2 Å². The Morgan fingerprint density at radius 3 is 2.46 bits per heavy atom. The molecule has 3 aromatic rings. The zero-order chi connectivity index (χ0) is 24.7. The number of fused-ring (bicyclic) bond motifs is 1. The van der Waals surface area contributed by atoms with Crippen molar-refractivity contribution in [3.05, 3.63) is 69.8 Å². The second-order valence-corrected chi connectivity index (χ2v) is 11.4. The van der Waals surface area contributed by atoms with Crippen molar-refractivity contribution in [1.29, 1.82) is 0 Å². The average molecular weight is 495 g/mol. The predicted octanol–water partition coefficient (Wildman–Crippen LogP) is 2.81. The van der Waals surface area contributed by atoms with Crippen molar-refractivity contribution in [2.45, 2.75) is 50.5 Å². The third-order valence-corrected chi connectivity index (χ3v) is 8.95. The van der Waals surface area contributed by atoms with Crippen molar-refractivity contribution >= 4 is 26.8 Å². The number of hydrogen-bond donors (Lipinski definition) is 0. The molecule has 1 amide bonds. The largest absolute Gasteiger partial charge is 0.340 e. The molecular weight excluding hydrogens is 464 g/mol.